The minimum Gasteiger partial charge on any atom is -0.488 e. The summed E-state index contributed by atoms with van der Waals surface area (Å²) < 4.78 is 34.7. The summed E-state index contributed by atoms with van der Waals surface area (Å²) in [4.78, 5) is 12.3. The van der Waals surface area contributed by atoms with Gasteiger partial charge in [-0.25, -0.2) is 13.6 Å². The third-order valence-electron chi connectivity index (χ3n) is 4.82. The average Bonchev–Trinajstić information content (AvgIpc) is 3.37. The van der Waals surface area contributed by atoms with Crippen LogP contribution >= 0.6 is 0 Å². The van der Waals surface area contributed by atoms with Gasteiger partial charge in [0, 0.05) is 37.1 Å². The fourth-order valence-electron chi connectivity index (χ4n) is 3.33. The number of aromatic nitrogens is 2. The number of rotatable bonds is 5. The van der Waals surface area contributed by atoms with Crippen molar-refractivity contribution >= 4 is 17.4 Å². The average molecular weight is 413 g/mol. The van der Waals surface area contributed by atoms with Crippen LogP contribution in [0.5, 0.6) is 5.75 Å². The molecule has 0 saturated carbocycles. The van der Waals surface area contributed by atoms with Crippen molar-refractivity contribution in [2.45, 2.75) is 12.5 Å². The first-order chi connectivity index (χ1) is 14.5. The Morgan fingerprint density at radius 1 is 1.20 bits per heavy atom. The monoisotopic (exact) mass is 413 g/mol. The Hall–Kier alpha value is -3.46. The molecule has 0 spiro atoms. The van der Waals surface area contributed by atoms with Crippen LogP contribution in [0.25, 0.3) is 11.3 Å². The standard InChI is InChI=1S/C21H21F2N5O2/c1-28-19(7-9-25-28)16-11-14(3-5-20(16)30-15-6-8-24-12-15)26-21(29)27-18-4-2-13(22)10-17(18)23/h2-5,7,9-11,15,24H,6,8,12H2,1H3,(H2,26,27,29). The number of ether oxygens (including phenoxy) is 1. The Morgan fingerprint density at radius 3 is 2.77 bits per heavy atom. The second-order valence-corrected chi connectivity index (χ2v) is 6.99. The second-order valence-electron chi connectivity index (χ2n) is 6.99. The molecule has 9 heteroatoms. The fourth-order valence-corrected chi connectivity index (χ4v) is 3.33. The molecule has 2 amide bonds. The number of halogens is 2. The van der Waals surface area contributed by atoms with E-state index in [1.807, 2.05) is 13.1 Å². The lowest BCUT2D eigenvalue weighted by molar-refractivity contribution is 0.224. The molecule has 7 nitrogen and oxygen atoms in total. The molecule has 0 bridgehead atoms. The summed E-state index contributed by atoms with van der Waals surface area (Å²) in [5.74, 6) is -0.884. The number of nitrogens with one attached hydrogen (secondary N) is 3. The van der Waals surface area contributed by atoms with Gasteiger partial charge < -0.3 is 20.7 Å². The van der Waals surface area contributed by atoms with Crippen molar-refractivity contribution in [1.29, 1.82) is 0 Å². The van der Waals surface area contributed by atoms with Crippen LogP contribution in [0.1, 0.15) is 6.42 Å². The van der Waals surface area contributed by atoms with Gasteiger partial charge in [-0.15, -0.1) is 0 Å². The molecule has 3 aromatic rings. The second kappa shape index (κ2) is 8.50. The quantitative estimate of drug-likeness (QED) is 0.595. The van der Waals surface area contributed by atoms with Crippen molar-refractivity contribution in [2.24, 2.45) is 7.05 Å². The Balaban J connectivity index is 1.56. The van der Waals surface area contributed by atoms with Crippen LogP contribution in [-0.2, 0) is 7.05 Å². The highest BCUT2D eigenvalue weighted by Gasteiger charge is 2.20. The van der Waals surface area contributed by atoms with Gasteiger partial charge in [0.05, 0.1) is 11.4 Å². The van der Waals surface area contributed by atoms with Crippen LogP contribution in [0.3, 0.4) is 0 Å². The molecule has 3 N–H and O–H groups in total. The van der Waals surface area contributed by atoms with E-state index >= 15 is 0 Å². The van der Waals surface area contributed by atoms with Crippen molar-refractivity contribution in [3.8, 4) is 17.0 Å². The summed E-state index contributed by atoms with van der Waals surface area (Å²) in [5, 5.41) is 12.5. The summed E-state index contributed by atoms with van der Waals surface area (Å²) in [7, 11) is 1.82. The van der Waals surface area contributed by atoms with Gasteiger partial charge in [0.15, 0.2) is 0 Å². The highest BCUT2D eigenvalue weighted by molar-refractivity contribution is 6.00. The number of aryl methyl sites for hydroxylation is 1. The van der Waals surface area contributed by atoms with E-state index in [0.29, 0.717) is 17.5 Å². The zero-order valence-corrected chi connectivity index (χ0v) is 16.3. The fraction of sp³-hybridized carbons (Fsp3) is 0.238. The minimum atomic E-state index is -0.852. The number of anilines is 2. The van der Waals surface area contributed by atoms with Gasteiger partial charge in [0.2, 0.25) is 0 Å². The van der Waals surface area contributed by atoms with E-state index in [1.165, 1.54) is 0 Å². The van der Waals surface area contributed by atoms with Crippen LogP contribution in [-0.4, -0.2) is 35.0 Å². The van der Waals surface area contributed by atoms with E-state index in [0.717, 1.165) is 42.9 Å². The third kappa shape index (κ3) is 4.41. The maximum atomic E-state index is 13.8. The predicted molar refractivity (Wildman–Crippen MR) is 110 cm³/mol. The highest BCUT2D eigenvalue weighted by Crippen LogP contribution is 2.33. The molecule has 1 fully saturated rings. The molecule has 1 saturated heterocycles. The molecule has 4 rings (SSSR count). The SMILES string of the molecule is Cn1nccc1-c1cc(NC(=O)Nc2ccc(F)cc2F)ccc1OC1CCNC1. The first-order valence-electron chi connectivity index (χ1n) is 9.52. The third-order valence-corrected chi connectivity index (χ3v) is 4.82. The van der Waals surface area contributed by atoms with E-state index in [4.69, 9.17) is 4.74 Å². The molecule has 0 aliphatic carbocycles. The van der Waals surface area contributed by atoms with E-state index in [9.17, 15) is 13.6 Å². The van der Waals surface area contributed by atoms with Crippen molar-refractivity contribution < 1.29 is 18.3 Å². The van der Waals surface area contributed by atoms with Crippen molar-refractivity contribution in [3.63, 3.8) is 0 Å². The molecule has 1 aromatic heterocycles. The topological polar surface area (TPSA) is 80.2 Å². The van der Waals surface area contributed by atoms with Gasteiger partial charge in [-0.2, -0.15) is 5.10 Å². The Labute approximate surface area is 172 Å². The van der Waals surface area contributed by atoms with Gasteiger partial charge in [0.25, 0.3) is 0 Å². The lowest BCUT2D eigenvalue weighted by Gasteiger charge is -2.18. The number of amides is 2. The number of carbonyl (C=O) groups is 1. The highest BCUT2D eigenvalue weighted by atomic mass is 19.1. The van der Waals surface area contributed by atoms with E-state index in [2.05, 4.69) is 21.0 Å². The molecule has 1 atom stereocenters. The normalized spacial score (nSPS) is 15.8. The van der Waals surface area contributed by atoms with E-state index in [1.54, 1.807) is 29.1 Å². The molecular weight excluding hydrogens is 392 g/mol. The predicted octanol–water partition coefficient (Wildman–Crippen LogP) is 3.75. The number of nitrogens with zero attached hydrogens (tertiary/aromatic N) is 2. The molecule has 2 heterocycles. The van der Waals surface area contributed by atoms with Crippen LogP contribution in [0.2, 0.25) is 0 Å². The van der Waals surface area contributed by atoms with Crippen molar-refractivity contribution in [1.82, 2.24) is 15.1 Å². The number of benzene rings is 2. The minimum absolute atomic E-state index is 0.0699. The molecule has 0 radical (unpaired) electrons. The summed E-state index contributed by atoms with van der Waals surface area (Å²) in [6.45, 7) is 1.68. The molecule has 1 aliphatic heterocycles. The molecule has 2 aromatic carbocycles. The maximum absolute atomic E-state index is 13.8. The van der Waals surface area contributed by atoms with Crippen molar-refractivity contribution in [3.05, 3.63) is 60.3 Å². The summed E-state index contributed by atoms with van der Waals surface area (Å²) in [5.41, 5.74) is 1.97. The summed E-state index contributed by atoms with van der Waals surface area (Å²) in [6, 6.07) is 9.42. The van der Waals surface area contributed by atoms with Gasteiger partial charge in [-0.1, -0.05) is 0 Å². The largest absolute Gasteiger partial charge is 0.488 e. The Bertz CT molecular complexity index is 1060. The van der Waals surface area contributed by atoms with Crippen molar-refractivity contribution in [2.75, 3.05) is 23.7 Å². The zero-order valence-electron chi connectivity index (χ0n) is 16.3. The summed E-state index contributed by atoms with van der Waals surface area (Å²) in [6.07, 6.45) is 2.66. The van der Waals surface area contributed by atoms with Gasteiger partial charge >= 0.3 is 6.03 Å². The van der Waals surface area contributed by atoms with Gasteiger partial charge in [-0.05, 0) is 49.4 Å². The van der Waals surface area contributed by atoms with Crippen LogP contribution in [0.15, 0.2) is 48.7 Å². The van der Waals surface area contributed by atoms with Gasteiger partial charge in [0.1, 0.15) is 23.5 Å². The first-order valence-corrected chi connectivity index (χ1v) is 9.52. The van der Waals surface area contributed by atoms with Crippen LogP contribution in [0, 0.1) is 11.6 Å². The zero-order chi connectivity index (χ0) is 21.1. The summed E-state index contributed by atoms with van der Waals surface area (Å²) >= 11 is 0. The van der Waals surface area contributed by atoms with Crippen LogP contribution in [0.4, 0.5) is 25.0 Å². The van der Waals surface area contributed by atoms with E-state index < -0.39 is 17.7 Å². The molecule has 156 valence electrons. The number of urea groups is 1. The maximum Gasteiger partial charge on any atom is 0.323 e. The number of hydrogen-bond donors (Lipinski definition) is 3. The lowest BCUT2D eigenvalue weighted by atomic mass is 10.1. The number of hydrogen-bond acceptors (Lipinski definition) is 4. The van der Waals surface area contributed by atoms with Crippen LogP contribution < -0.4 is 20.7 Å². The first kappa shape index (κ1) is 19.8. The van der Waals surface area contributed by atoms with Gasteiger partial charge in [-0.3, -0.25) is 4.68 Å². The Morgan fingerprint density at radius 2 is 2.07 bits per heavy atom. The van der Waals surface area contributed by atoms with E-state index in [-0.39, 0.29) is 11.8 Å². The molecule has 1 unspecified atom stereocenters. The lowest BCUT2D eigenvalue weighted by Crippen LogP contribution is -2.21. The Kier molecular flexibility index (Phi) is 5.62. The molecular formula is C21H21F2N5O2. The smallest absolute Gasteiger partial charge is 0.323 e. The number of carbonyl (C=O) groups excluding carboxylic acids is 1. The molecule has 1 aliphatic rings. The molecule has 30 heavy (non-hydrogen) atoms.